The van der Waals surface area contributed by atoms with Crippen LogP contribution in [0.2, 0.25) is 5.02 Å². The molecule has 0 aromatic heterocycles. The number of rotatable bonds is 6. The molecule has 0 saturated carbocycles. The summed E-state index contributed by atoms with van der Waals surface area (Å²) in [6.07, 6.45) is 0. The molecule has 0 fully saturated rings. The Kier molecular flexibility index (Phi) is 8.49. The normalized spacial score (nSPS) is 9.96. The highest BCUT2D eigenvalue weighted by Gasteiger charge is 2.11. The van der Waals surface area contributed by atoms with Crippen LogP contribution in [0.3, 0.4) is 0 Å². The maximum absolute atomic E-state index is 12.2. The standard InChI is InChI=1S/C18H17BrClN3O4S/c1-2-26-15-8-3-11(9-14(15)19)17(25)21-18(28)23-22-16(24)10-27-13-6-4-12(20)5-7-13/h3-9H,2,10H2,1H3,(H,22,24)(H2,21,23,25,28). The third-order valence-corrected chi connectivity index (χ3v) is 4.30. The monoisotopic (exact) mass is 485 g/mol. The van der Waals surface area contributed by atoms with Crippen molar-refractivity contribution in [2.24, 2.45) is 0 Å². The maximum atomic E-state index is 12.2. The number of thiocarbonyl (C=S) groups is 1. The van der Waals surface area contributed by atoms with E-state index >= 15 is 0 Å². The molecular weight excluding hydrogens is 470 g/mol. The lowest BCUT2D eigenvalue weighted by Gasteiger charge is -2.12. The molecule has 7 nitrogen and oxygen atoms in total. The fourth-order valence-electron chi connectivity index (χ4n) is 1.96. The fourth-order valence-corrected chi connectivity index (χ4v) is 2.73. The Bertz CT molecular complexity index is 864. The molecule has 0 unspecified atom stereocenters. The van der Waals surface area contributed by atoms with Crippen LogP contribution in [0.5, 0.6) is 11.5 Å². The number of carbonyl (C=O) groups excluding carboxylic acids is 2. The summed E-state index contributed by atoms with van der Waals surface area (Å²) in [6, 6.07) is 11.5. The zero-order valence-corrected chi connectivity index (χ0v) is 17.9. The molecule has 0 spiro atoms. The van der Waals surface area contributed by atoms with E-state index < -0.39 is 11.8 Å². The first-order chi connectivity index (χ1) is 13.4. The summed E-state index contributed by atoms with van der Waals surface area (Å²) in [5.74, 6) is 0.215. The average molecular weight is 487 g/mol. The minimum atomic E-state index is -0.477. The van der Waals surface area contributed by atoms with Gasteiger partial charge in [0.25, 0.3) is 11.8 Å². The van der Waals surface area contributed by atoms with Crippen LogP contribution in [0.15, 0.2) is 46.9 Å². The van der Waals surface area contributed by atoms with Crippen molar-refractivity contribution >= 4 is 56.7 Å². The first-order valence-electron chi connectivity index (χ1n) is 8.10. The SMILES string of the molecule is CCOc1ccc(C(=O)NC(=S)NNC(=O)COc2ccc(Cl)cc2)cc1Br. The van der Waals surface area contributed by atoms with Gasteiger partial charge in [-0.1, -0.05) is 11.6 Å². The number of nitrogens with one attached hydrogen (secondary N) is 3. The van der Waals surface area contributed by atoms with Crippen molar-refractivity contribution in [3.8, 4) is 11.5 Å². The van der Waals surface area contributed by atoms with Crippen molar-refractivity contribution in [3.63, 3.8) is 0 Å². The van der Waals surface area contributed by atoms with Crippen LogP contribution in [0.25, 0.3) is 0 Å². The van der Waals surface area contributed by atoms with Crippen molar-refractivity contribution in [3.05, 3.63) is 57.5 Å². The number of amides is 2. The van der Waals surface area contributed by atoms with Gasteiger partial charge in [-0.15, -0.1) is 0 Å². The fraction of sp³-hybridized carbons (Fsp3) is 0.167. The van der Waals surface area contributed by atoms with Gasteiger partial charge in [0.15, 0.2) is 11.7 Å². The third-order valence-electron chi connectivity index (χ3n) is 3.22. The average Bonchev–Trinajstić information content (AvgIpc) is 2.67. The first-order valence-corrected chi connectivity index (χ1v) is 9.68. The number of ether oxygens (including phenoxy) is 2. The van der Waals surface area contributed by atoms with Gasteiger partial charge in [-0.25, -0.2) is 0 Å². The molecule has 0 saturated heterocycles. The summed E-state index contributed by atoms with van der Waals surface area (Å²) in [6.45, 7) is 2.14. The van der Waals surface area contributed by atoms with E-state index in [0.29, 0.717) is 33.2 Å². The predicted molar refractivity (Wildman–Crippen MR) is 114 cm³/mol. The summed E-state index contributed by atoms with van der Waals surface area (Å²) < 4.78 is 11.3. The van der Waals surface area contributed by atoms with Crippen molar-refractivity contribution in [2.45, 2.75) is 6.92 Å². The minimum Gasteiger partial charge on any atom is -0.493 e. The van der Waals surface area contributed by atoms with Crippen molar-refractivity contribution in [1.82, 2.24) is 16.2 Å². The van der Waals surface area contributed by atoms with Gasteiger partial charge in [0.1, 0.15) is 11.5 Å². The highest BCUT2D eigenvalue weighted by atomic mass is 79.9. The Morgan fingerprint density at radius 1 is 1.11 bits per heavy atom. The van der Waals surface area contributed by atoms with E-state index in [0.717, 1.165) is 0 Å². The molecule has 0 radical (unpaired) electrons. The lowest BCUT2D eigenvalue weighted by atomic mass is 10.2. The van der Waals surface area contributed by atoms with Crippen LogP contribution in [0.1, 0.15) is 17.3 Å². The van der Waals surface area contributed by atoms with E-state index in [1.165, 1.54) is 0 Å². The topological polar surface area (TPSA) is 88.7 Å². The smallest absolute Gasteiger partial charge is 0.276 e. The van der Waals surface area contributed by atoms with Crippen molar-refractivity contribution in [1.29, 1.82) is 0 Å². The largest absolute Gasteiger partial charge is 0.493 e. The molecule has 0 atom stereocenters. The van der Waals surface area contributed by atoms with E-state index in [2.05, 4.69) is 32.1 Å². The zero-order chi connectivity index (χ0) is 20.5. The number of hydrazine groups is 1. The van der Waals surface area contributed by atoms with E-state index in [9.17, 15) is 9.59 Å². The summed E-state index contributed by atoms with van der Waals surface area (Å²) >= 11 is 14.1. The third kappa shape index (κ3) is 6.99. The minimum absolute atomic E-state index is 0.0603. The molecule has 3 N–H and O–H groups in total. The van der Waals surface area contributed by atoms with Gasteiger partial charge in [0, 0.05) is 10.6 Å². The van der Waals surface area contributed by atoms with Crippen LogP contribution in [-0.4, -0.2) is 30.1 Å². The highest BCUT2D eigenvalue weighted by molar-refractivity contribution is 9.10. The molecule has 0 heterocycles. The summed E-state index contributed by atoms with van der Waals surface area (Å²) in [5, 5.41) is 2.97. The number of hydrogen-bond acceptors (Lipinski definition) is 5. The molecule has 148 valence electrons. The molecule has 28 heavy (non-hydrogen) atoms. The van der Waals surface area contributed by atoms with Gasteiger partial charge < -0.3 is 9.47 Å². The number of halogens is 2. The van der Waals surface area contributed by atoms with Crippen LogP contribution >= 0.6 is 39.7 Å². The molecule has 0 aliphatic heterocycles. The second-order valence-corrected chi connectivity index (χ2v) is 6.98. The molecule has 10 heteroatoms. The lowest BCUT2D eigenvalue weighted by molar-refractivity contribution is -0.123. The summed E-state index contributed by atoms with van der Waals surface area (Å²) in [5.41, 5.74) is 5.14. The van der Waals surface area contributed by atoms with Gasteiger partial charge in [-0.2, -0.15) is 0 Å². The predicted octanol–water partition coefficient (Wildman–Crippen LogP) is 3.22. The van der Waals surface area contributed by atoms with Crippen LogP contribution < -0.4 is 25.6 Å². The van der Waals surface area contributed by atoms with Crippen LogP contribution in [0, 0.1) is 0 Å². The first kappa shape index (κ1) is 21.9. The molecule has 2 amide bonds. The molecule has 2 aromatic carbocycles. The van der Waals surface area contributed by atoms with E-state index in [-0.39, 0.29) is 11.7 Å². The second kappa shape index (κ2) is 10.8. The number of benzene rings is 2. The van der Waals surface area contributed by atoms with Crippen LogP contribution in [0.4, 0.5) is 0 Å². The van der Waals surface area contributed by atoms with Gasteiger partial charge in [-0.05, 0) is 77.5 Å². The molecule has 2 aromatic rings. The quantitative estimate of drug-likeness (QED) is 0.429. The summed E-state index contributed by atoms with van der Waals surface area (Å²) in [7, 11) is 0. The number of carbonyl (C=O) groups is 2. The summed E-state index contributed by atoms with van der Waals surface area (Å²) in [4.78, 5) is 24.0. The van der Waals surface area contributed by atoms with Gasteiger partial charge in [0.05, 0.1) is 11.1 Å². The zero-order valence-electron chi connectivity index (χ0n) is 14.8. The Morgan fingerprint density at radius 2 is 1.82 bits per heavy atom. The number of hydrogen-bond donors (Lipinski definition) is 3. The van der Waals surface area contributed by atoms with Gasteiger partial charge in [0.2, 0.25) is 0 Å². The Hall–Kier alpha value is -2.36. The van der Waals surface area contributed by atoms with Crippen molar-refractivity contribution < 1.29 is 19.1 Å². The Morgan fingerprint density at radius 3 is 2.46 bits per heavy atom. The van der Waals surface area contributed by atoms with Crippen molar-refractivity contribution in [2.75, 3.05) is 13.2 Å². The second-order valence-electron chi connectivity index (χ2n) is 5.28. The van der Waals surface area contributed by atoms with Gasteiger partial charge in [-0.3, -0.25) is 25.8 Å². The molecule has 0 aliphatic rings. The van der Waals surface area contributed by atoms with E-state index in [4.69, 9.17) is 33.3 Å². The lowest BCUT2D eigenvalue weighted by Crippen LogP contribution is -2.49. The molecule has 0 bridgehead atoms. The van der Waals surface area contributed by atoms with Gasteiger partial charge >= 0.3 is 0 Å². The molecule has 2 rings (SSSR count). The highest BCUT2D eigenvalue weighted by Crippen LogP contribution is 2.25. The van der Waals surface area contributed by atoms with Crippen LogP contribution in [-0.2, 0) is 4.79 Å². The molecule has 0 aliphatic carbocycles. The maximum Gasteiger partial charge on any atom is 0.276 e. The van der Waals surface area contributed by atoms with E-state index in [1.807, 2.05) is 6.92 Å². The Labute approximate surface area is 180 Å². The van der Waals surface area contributed by atoms with E-state index in [1.54, 1.807) is 42.5 Å². The molecular formula is C18H17BrClN3O4S. The Balaban J connectivity index is 1.76.